The molecule has 4 heteroatoms. The van der Waals surface area contributed by atoms with Crippen LogP contribution in [0.3, 0.4) is 0 Å². The van der Waals surface area contributed by atoms with Gasteiger partial charge in [-0.3, -0.25) is 0 Å². The third kappa shape index (κ3) is 4.51. The highest BCUT2D eigenvalue weighted by Gasteiger charge is 2.16. The molecule has 0 spiro atoms. The number of furan rings is 1. The van der Waals surface area contributed by atoms with Gasteiger partial charge in [-0.05, 0) is 49.7 Å². The van der Waals surface area contributed by atoms with Gasteiger partial charge in [-0.2, -0.15) is 0 Å². The van der Waals surface area contributed by atoms with Crippen LogP contribution < -0.4 is 10.1 Å². The number of hydrogen-bond donors (Lipinski definition) is 1. The van der Waals surface area contributed by atoms with Crippen LogP contribution in [0.2, 0.25) is 5.02 Å². The van der Waals surface area contributed by atoms with Gasteiger partial charge in [0.05, 0.1) is 13.4 Å². The number of aryl methyl sites for hydroxylation is 1. The predicted molar refractivity (Wildman–Crippen MR) is 86.1 cm³/mol. The minimum absolute atomic E-state index is 0.198. The van der Waals surface area contributed by atoms with Gasteiger partial charge in [-0.25, -0.2) is 0 Å². The van der Waals surface area contributed by atoms with Gasteiger partial charge < -0.3 is 14.5 Å². The van der Waals surface area contributed by atoms with E-state index in [9.17, 15) is 0 Å². The molecule has 0 amide bonds. The molecule has 2 rings (SSSR count). The molecule has 0 fully saturated rings. The first-order valence-corrected chi connectivity index (χ1v) is 7.71. The first-order valence-electron chi connectivity index (χ1n) is 7.33. The highest BCUT2D eigenvalue weighted by Crippen LogP contribution is 2.31. The quantitative estimate of drug-likeness (QED) is 0.773. The second-order valence-corrected chi connectivity index (χ2v) is 5.45. The largest absolute Gasteiger partial charge is 0.496 e. The summed E-state index contributed by atoms with van der Waals surface area (Å²) in [7, 11) is 1.69. The SMILES string of the molecule is CCCNC(CCc1ccco1)c1cc(Cl)ccc1OC. The van der Waals surface area contributed by atoms with E-state index in [1.54, 1.807) is 13.4 Å². The lowest BCUT2D eigenvalue weighted by Gasteiger charge is -2.21. The Morgan fingerprint density at radius 2 is 2.19 bits per heavy atom. The topological polar surface area (TPSA) is 34.4 Å². The summed E-state index contributed by atoms with van der Waals surface area (Å²) in [5, 5.41) is 4.30. The van der Waals surface area contributed by atoms with Crippen molar-refractivity contribution < 1.29 is 9.15 Å². The molecule has 1 unspecified atom stereocenters. The van der Waals surface area contributed by atoms with Crippen molar-refractivity contribution in [3.8, 4) is 5.75 Å². The molecular formula is C17H22ClNO2. The van der Waals surface area contributed by atoms with Gasteiger partial charge in [0.1, 0.15) is 11.5 Å². The molecule has 1 heterocycles. The van der Waals surface area contributed by atoms with Crippen LogP contribution in [0.15, 0.2) is 41.0 Å². The van der Waals surface area contributed by atoms with Crippen LogP contribution in [0.5, 0.6) is 5.75 Å². The Morgan fingerprint density at radius 1 is 1.33 bits per heavy atom. The van der Waals surface area contributed by atoms with E-state index in [2.05, 4.69) is 12.2 Å². The minimum Gasteiger partial charge on any atom is -0.496 e. The molecule has 2 aromatic rings. The van der Waals surface area contributed by atoms with E-state index < -0.39 is 0 Å². The Balaban J connectivity index is 2.16. The predicted octanol–water partition coefficient (Wildman–Crippen LogP) is 4.62. The van der Waals surface area contributed by atoms with E-state index in [1.165, 1.54) is 0 Å². The Morgan fingerprint density at radius 3 is 2.86 bits per heavy atom. The molecule has 0 radical (unpaired) electrons. The van der Waals surface area contributed by atoms with E-state index in [1.807, 2.05) is 30.3 Å². The maximum atomic E-state index is 6.15. The molecule has 1 N–H and O–H groups in total. The summed E-state index contributed by atoms with van der Waals surface area (Å²) in [6.07, 6.45) is 4.61. The lowest BCUT2D eigenvalue weighted by atomic mass is 10.00. The van der Waals surface area contributed by atoms with Gasteiger partial charge in [0.15, 0.2) is 0 Å². The molecule has 1 aromatic carbocycles. The molecule has 1 atom stereocenters. The van der Waals surface area contributed by atoms with Crippen LogP contribution in [-0.2, 0) is 6.42 Å². The van der Waals surface area contributed by atoms with Gasteiger partial charge in [0.2, 0.25) is 0 Å². The summed E-state index contributed by atoms with van der Waals surface area (Å²) in [4.78, 5) is 0. The summed E-state index contributed by atoms with van der Waals surface area (Å²) >= 11 is 6.15. The van der Waals surface area contributed by atoms with Crippen LogP contribution in [0.4, 0.5) is 0 Å². The zero-order valence-electron chi connectivity index (χ0n) is 12.6. The zero-order valence-corrected chi connectivity index (χ0v) is 13.3. The number of halogens is 1. The molecule has 0 aliphatic rings. The van der Waals surface area contributed by atoms with E-state index in [4.69, 9.17) is 20.8 Å². The van der Waals surface area contributed by atoms with E-state index >= 15 is 0 Å². The lowest BCUT2D eigenvalue weighted by molar-refractivity contribution is 0.391. The van der Waals surface area contributed by atoms with Crippen molar-refractivity contribution in [2.24, 2.45) is 0 Å². The van der Waals surface area contributed by atoms with Gasteiger partial charge >= 0.3 is 0 Å². The molecule has 114 valence electrons. The highest BCUT2D eigenvalue weighted by molar-refractivity contribution is 6.30. The monoisotopic (exact) mass is 307 g/mol. The number of hydrogen-bond acceptors (Lipinski definition) is 3. The lowest BCUT2D eigenvalue weighted by Crippen LogP contribution is -2.23. The van der Waals surface area contributed by atoms with Crippen molar-refractivity contribution in [2.75, 3.05) is 13.7 Å². The number of benzene rings is 1. The molecule has 1 aromatic heterocycles. The summed E-state index contributed by atoms with van der Waals surface area (Å²) < 4.78 is 10.9. The molecule has 0 bridgehead atoms. The Kier molecular flexibility index (Phi) is 6.15. The van der Waals surface area contributed by atoms with Gasteiger partial charge in [-0.1, -0.05) is 18.5 Å². The average molecular weight is 308 g/mol. The zero-order chi connectivity index (χ0) is 15.1. The van der Waals surface area contributed by atoms with Crippen molar-refractivity contribution in [1.29, 1.82) is 0 Å². The maximum absolute atomic E-state index is 6.15. The molecule has 0 saturated carbocycles. The summed E-state index contributed by atoms with van der Waals surface area (Å²) in [5.41, 5.74) is 1.10. The van der Waals surface area contributed by atoms with Crippen LogP contribution in [0, 0.1) is 0 Å². The number of methoxy groups -OCH3 is 1. The summed E-state index contributed by atoms with van der Waals surface area (Å²) in [6, 6.07) is 9.88. The Bertz CT molecular complexity index is 540. The van der Waals surface area contributed by atoms with E-state index in [-0.39, 0.29) is 6.04 Å². The van der Waals surface area contributed by atoms with Gasteiger partial charge in [-0.15, -0.1) is 0 Å². The van der Waals surface area contributed by atoms with Crippen LogP contribution in [0.1, 0.15) is 37.1 Å². The molecule has 0 aliphatic carbocycles. The third-order valence-electron chi connectivity index (χ3n) is 3.47. The molecule has 0 aliphatic heterocycles. The Hall–Kier alpha value is -1.45. The van der Waals surface area contributed by atoms with Crippen LogP contribution in [-0.4, -0.2) is 13.7 Å². The van der Waals surface area contributed by atoms with Crippen molar-refractivity contribution in [3.63, 3.8) is 0 Å². The van der Waals surface area contributed by atoms with Crippen molar-refractivity contribution in [3.05, 3.63) is 52.9 Å². The van der Waals surface area contributed by atoms with Gasteiger partial charge in [0.25, 0.3) is 0 Å². The molecular weight excluding hydrogens is 286 g/mol. The second kappa shape index (κ2) is 8.11. The van der Waals surface area contributed by atoms with Crippen LogP contribution >= 0.6 is 11.6 Å². The van der Waals surface area contributed by atoms with Gasteiger partial charge in [0, 0.05) is 23.0 Å². The smallest absolute Gasteiger partial charge is 0.123 e. The summed E-state index contributed by atoms with van der Waals surface area (Å²) in [6.45, 7) is 3.12. The fourth-order valence-corrected chi connectivity index (χ4v) is 2.59. The average Bonchev–Trinajstić information content (AvgIpc) is 3.01. The Labute approximate surface area is 131 Å². The molecule has 3 nitrogen and oxygen atoms in total. The first-order chi connectivity index (χ1) is 10.2. The third-order valence-corrected chi connectivity index (χ3v) is 3.70. The first kappa shape index (κ1) is 15.9. The highest BCUT2D eigenvalue weighted by atomic mass is 35.5. The van der Waals surface area contributed by atoms with Crippen molar-refractivity contribution in [2.45, 2.75) is 32.2 Å². The standard InChI is InChI=1S/C17H22ClNO2/c1-3-10-19-16(8-7-14-5-4-11-21-14)15-12-13(18)6-9-17(15)20-2/h4-6,9,11-12,16,19H,3,7-8,10H2,1-2H3. The number of rotatable bonds is 8. The number of ether oxygens (including phenoxy) is 1. The van der Waals surface area contributed by atoms with Crippen molar-refractivity contribution in [1.82, 2.24) is 5.32 Å². The van der Waals surface area contributed by atoms with E-state index in [0.717, 1.165) is 47.9 Å². The normalized spacial score (nSPS) is 12.3. The van der Waals surface area contributed by atoms with Crippen LogP contribution in [0.25, 0.3) is 0 Å². The van der Waals surface area contributed by atoms with Crippen molar-refractivity contribution >= 4 is 11.6 Å². The molecule has 21 heavy (non-hydrogen) atoms. The number of nitrogens with one attached hydrogen (secondary N) is 1. The second-order valence-electron chi connectivity index (χ2n) is 5.01. The fraction of sp³-hybridized carbons (Fsp3) is 0.412. The maximum Gasteiger partial charge on any atom is 0.123 e. The minimum atomic E-state index is 0.198. The fourth-order valence-electron chi connectivity index (χ4n) is 2.41. The van der Waals surface area contributed by atoms with E-state index in [0.29, 0.717) is 0 Å². The summed E-state index contributed by atoms with van der Waals surface area (Å²) in [5.74, 6) is 1.87. The molecule has 0 saturated heterocycles.